The monoisotopic (exact) mass is 324 g/mol. The maximum Gasteiger partial charge on any atom is 0.499 e. The summed E-state index contributed by atoms with van der Waals surface area (Å²) >= 11 is 0. The van der Waals surface area contributed by atoms with Crippen LogP contribution in [0.2, 0.25) is 6.04 Å². The van der Waals surface area contributed by atoms with E-state index >= 15 is 0 Å². The van der Waals surface area contributed by atoms with Crippen LogP contribution in [0.25, 0.3) is 0 Å². The molecule has 1 aromatic carbocycles. The van der Waals surface area contributed by atoms with Crippen LogP contribution >= 0.6 is 0 Å². The molecule has 120 valence electrons. The van der Waals surface area contributed by atoms with Gasteiger partial charge in [0, 0.05) is 31.6 Å². The first-order chi connectivity index (χ1) is 10.4. The molecule has 3 N–H and O–H groups in total. The van der Waals surface area contributed by atoms with Gasteiger partial charge in [-0.15, -0.1) is 0 Å². The maximum absolute atomic E-state index is 11.5. The lowest BCUT2D eigenvalue weighted by molar-refractivity contribution is -0.138. The Balaban J connectivity index is 3.00. The summed E-state index contributed by atoms with van der Waals surface area (Å²) in [4.78, 5) is 33.7. The van der Waals surface area contributed by atoms with Gasteiger partial charge in [0.2, 0.25) is 0 Å². The number of hydrogen-bond donors (Lipinski definition) is 2. The molecule has 0 heterocycles. The zero-order valence-electron chi connectivity index (χ0n) is 12.6. The number of carbonyl (C=O) groups is 3. The molecule has 1 aromatic rings. The molecular weight excluding hydrogens is 304 g/mol. The lowest BCUT2D eigenvalue weighted by Gasteiger charge is -2.29. The third-order valence-electron chi connectivity index (χ3n) is 2.81. The van der Waals surface area contributed by atoms with Gasteiger partial charge >= 0.3 is 14.6 Å². The third-order valence-corrected chi connectivity index (χ3v) is 6.27. The average molecular weight is 324 g/mol. The fourth-order valence-electron chi connectivity index (χ4n) is 2.07. The van der Waals surface area contributed by atoms with Gasteiger partial charge in [0.25, 0.3) is 11.9 Å². The molecule has 0 radical (unpaired) electrons. The molecule has 1 rings (SSSR count). The summed E-state index contributed by atoms with van der Waals surface area (Å²) in [6.45, 7) is 2.85. The molecule has 0 aliphatic rings. The number of nitrogens with two attached hydrogens (primary N) is 1. The maximum atomic E-state index is 11.5. The van der Waals surface area contributed by atoms with Gasteiger partial charge in [-0.25, -0.2) is 4.79 Å². The van der Waals surface area contributed by atoms with E-state index in [4.69, 9.17) is 14.6 Å². The summed E-state index contributed by atoms with van der Waals surface area (Å²) in [6.07, 6.45) is 0.463. The highest BCUT2D eigenvalue weighted by Gasteiger charge is 2.45. The molecule has 0 aromatic heterocycles. The number of benzene rings is 1. The molecule has 0 saturated carbocycles. The first-order valence-electron chi connectivity index (χ1n) is 6.84. The molecule has 8 heteroatoms. The van der Waals surface area contributed by atoms with Crippen LogP contribution in [0.5, 0.6) is 0 Å². The minimum atomic E-state index is -3.26. The summed E-state index contributed by atoms with van der Waals surface area (Å²) in [5.41, 5.74) is 5.01. The van der Waals surface area contributed by atoms with Crippen molar-refractivity contribution >= 4 is 31.7 Å². The highest BCUT2D eigenvalue weighted by molar-refractivity contribution is 6.83. The van der Waals surface area contributed by atoms with E-state index in [-0.39, 0.29) is 0 Å². The lowest BCUT2D eigenvalue weighted by Crippen LogP contribution is -2.56. The van der Waals surface area contributed by atoms with E-state index in [1.165, 1.54) is 13.8 Å². The molecule has 0 fully saturated rings. The fourth-order valence-corrected chi connectivity index (χ4v) is 5.12. The Labute approximate surface area is 130 Å². The fraction of sp³-hybridized carbons (Fsp3) is 0.357. The Morgan fingerprint density at radius 2 is 1.64 bits per heavy atom. The number of primary amides is 1. The van der Waals surface area contributed by atoms with Crippen molar-refractivity contribution in [2.24, 2.45) is 5.73 Å². The van der Waals surface area contributed by atoms with Crippen molar-refractivity contribution in [2.75, 3.05) is 6.54 Å². The largest absolute Gasteiger partial charge is 0.499 e. The Hall–Kier alpha value is -2.35. The number of rotatable bonds is 7. The number of nitrogens with one attached hydrogen (secondary N) is 1. The van der Waals surface area contributed by atoms with Crippen LogP contribution in [0.3, 0.4) is 0 Å². The predicted octanol–water partition coefficient (Wildman–Crippen LogP) is 0.520. The van der Waals surface area contributed by atoms with E-state index in [1.807, 2.05) is 6.07 Å². The molecule has 22 heavy (non-hydrogen) atoms. The zero-order chi connectivity index (χ0) is 16.6. The average Bonchev–Trinajstić information content (AvgIpc) is 2.43. The van der Waals surface area contributed by atoms with Crippen molar-refractivity contribution in [3.63, 3.8) is 0 Å². The van der Waals surface area contributed by atoms with Crippen LogP contribution in [0, 0.1) is 0 Å². The summed E-state index contributed by atoms with van der Waals surface area (Å²) in [6, 6.07) is 8.61. The molecular formula is C14H20N2O5Si. The molecule has 0 atom stereocenters. The van der Waals surface area contributed by atoms with Crippen molar-refractivity contribution in [1.82, 2.24) is 5.32 Å². The highest BCUT2D eigenvalue weighted by atomic mass is 28.4. The van der Waals surface area contributed by atoms with E-state index in [1.54, 1.807) is 24.3 Å². The molecule has 0 aliphatic carbocycles. The molecule has 0 spiro atoms. The zero-order valence-corrected chi connectivity index (χ0v) is 13.6. The SMILES string of the molecule is CC(=O)O[Si](CCCNC(N)=O)(OC(C)=O)c1ccccc1. The Morgan fingerprint density at radius 3 is 2.09 bits per heavy atom. The molecule has 0 bridgehead atoms. The van der Waals surface area contributed by atoms with Crippen LogP contribution in [0.1, 0.15) is 20.3 Å². The summed E-state index contributed by atoms with van der Waals surface area (Å²) in [5, 5.41) is 3.14. The second kappa shape index (κ2) is 8.18. The smallest absolute Gasteiger partial charge is 0.482 e. The van der Waals surface area contributed by atoms with Crippen LogP contribution in [-0.2, 0) is 18.4 Å². The molecule has 0 aliphatic heterocycles. The van der Waals surface area contributed by atoms with Crippen LogP contribution in [-0.4, -0.2) is 33.1 Å². The van der Waals surface area contributed by atoms with E-state index < -0.39 is 26.5 Å². The van der Waals surface area contributed by atoms with Gasteiger partial charge in [-0.05, 0) is 6.42 Å². The Bertz CT molecular complexity index is 519. The van der Waals surface area contributed by atoms with Crippen LogP contribution < -0.4 is 16.2 Å². The van der Waals surface area contributed by atoms with E-state index in [2.05, 4.69) is 5.32 Å². The van der Waals surface area contributed by atoms with Gasteiger partial charge in [0.05, 0.1) is 0 Å². The summed E-state index contributed by atoms with van der Waals surface area (Å²) in [7, 11) is -3.26. The topological polar surface area (TPSA) is 108 Å². The molecule has 7 nitrogen and oxygen atoms in total. The van der Waals surface area contributed by atoms with Gasteiger partial charge in [-0.3, -0.25) is 9.59 Å². The minimum Gasteiger partial charge on any atom is -0.482 e. The molecule has 0 unspecified atom stereocenters. The van der Waals surface area contributed by atoms with Crippen molar-refractivity contribution in [2.45, 2.75) is 26.3 Å². The summed E-state index contributed by atoms with van der Waals surface area (Å²) in [5.74, 6) is -1.03. The van der Waals surface area contributed by atoms with Gasteiger partial charge in [0.1, 0.15) is 0 Å². The third kappa shape index (κ3) is 5.56. The normalized spacial score (nSPS) is 10.6. The number of hydrogen-bond acceptors (Lipinski definition) is 5. The Kier molecular flexibility index (Phi) is 6.58. The first kappa shape index (κ1) is 17.7. The predicted molar refractivity (Wildman–Crippen MR) is 82.4 cm³/mol. The quantitative estimate of drug-likeness (QED) is 0.561. The van der Waals surface area contributed by atoms with Crippen molar-refractivity contribution < 1.29 is 23.2 Å². The Morgan fingerprint density at radius 1 is 1.09 bits per heavy atom. The van der Waals surface area contributed by atoms with Crippen molar-refractivity contribution in [1.29, 1.82) is 0 Å². The van der Waals surface area contributed by atoms with Gasteiger partial charge < -0.3 is 19.9 Å². The number of amides is 2. The van der Waals surface area contributed by atoms with Crippen LogP contribution in [0.4, 0.5) is 4.79 Å². The molecule has 2 amide bonds. The molecule has 0 saturated heterocycles. The first-order valence-corrected chi connectivity index (χ1v) is 8.86. The van der Waals surface area contributed by atoms with Gasteiger partial charge in [0.15, 0.2) is 0 Å². The minimum absolute atomic E-state index is 0.305. The van der Waals surface area contributed by atoms with E-state index in [0.29, 0.717) is 24.2 Å². The van der Waals surface area contributed by atoms with Gasteiger partial charge in [-0.2, -0.15) is 0 Å². The second-order valence-corrected chi connectivity index (χ2v) is 7.69. The van der Waals surface area contributed by atoms with Crippen molar-refractivity contribution in [3.05, 3.63) is 30.3 Å². The summed E-state index contributed by atoms with van der Waals surface area (Å²) < 4.78 is 10.9. The standard InChI is InChI=1S/C14H20N2O5Si/c1-11(17)20-22(21-12(2)18,10-6-9-16-14(15)19)13-7-4-3-5-8-13/h3-5,7-8H,6,9-10H2,1-2H3,(H3,15,16,19). The van der Waals surface area contributed by atoms with E-state index in [9.17, 15) is 14.4 Å². The van der Waals surface area contributed by atoms with E-state index in [0.717, 1.165) is 0 Å². The van der Waals surface area contributed by atoms with Gasteiger partial charge in [-0.1, -0.05) is 30.3 Å². The highest BCUT2D eigenvalue weighted by Crippen LogP contribution is 2.17. The number of carbonyl (C=O) groups excluding carboxylic acids is 3. The lowest BCUT2D eigenvalue weighted by atomic mass is 10.4. The van der Waals surface area contributed by atoms with Crippen molar-refractivity contribution in [3.8, 4) is 0 Å². The second-order valence-electron chi connectivity index (χ2n) is 4.70. The van der Waals surface area contributed by atoms with Crippen LogP contribution in [0.15, 0.2) is 30.3 Å². The number of urea groups is 1.